The number of nitrogens with one attached hydrogen (secondary N) is 1. The van der Waals surface area contributed by atoms with Crippen molar-refractivity contribution in [3.8, 4) is 17.6 Å². The van der Waals surface area contributed by atoms with Gasteiger partial charge in [0.1, 0.15) is 6.54 Å². The van der Waals surface area contributed by atoms with E-state index in [-0.39, 0.29) is 28.7 Å². The van der Waals surface area contributed by atoms with Crippen LogP contribution >= 0.6 is 11.6 Å². The number of ether oxygens (including phenoxy) is 2. The Balaban J connectivity index is 1.32. The molecule has 1 fully saturated rings. The van der Waals surface area contributed by atoms with E-state index in [0.29, 0.717) is 23.7 Å². The number of nitrogens with zero attached hydrogens (tertiary/aromatic N) is 5. The summed E-state index contributed by atoms with van der Waals surface area (Å²) in [6, 6.07) is 7.02. The SMILES string of the molecule is COc1cc(N2CC3=CC(C2)[C@@H]3Nc2nc(Oc3cccc(Cl)c3F)n(CC(F)(F)F)n2)ccn1. The predicted molar refractivity (Wildman–Crippen MR) is 120 cm³/mol. The molecule has 0 radical (unpaired) electrons. The van der Waals surface area contributed by atoms with Crippen molar-refractivity contribution in [2.24, 2.45) is 5.92 Å². The minimum atomic E-state index is -4.59. The van der Waals surface area contributed by atoms with E-state index in [1.54, 1.807) is 13.3 Å². The van der Waals surface area contributed by atoms with Crippen molar-refractivity contribution < 1.29 is 27.0 Å². The van der Waals surface area contributed by atoms with Crippen LogP contribution in [0.1, 0.15) is 0 Å². The van der Waals surface area contributed by atoms with Gasteiger partial charge in [0, 0.05) is 37.0 Å². The molecule has 2 bridgehead atoms. The van der Waals surface area contributed by atoms with Gasteiger partial charge in [0.2, 0.25) is 11.8 Å². The molecule has 2 aliphatic heterocycles. The fourth-order valence-corrected chi connectivity index (χ4v) is 4.29. The molecule has 2 aromatic heterocycles. The summed E-state index contributed by atoms with van der Waals surface area (Å²) in [6.07, 6.45) is -0.810. The Morgan fingerprint density at radius 2 is 2.09 bits per heavy atom. The third-order valence-corrected chi connectivity index (χ3v) is 6.01. The number of hydrogen-bond acceptors (Lipinski definition) is 7. The summed E-state index contributed by atoms with van der Waals surface area (Å²) in [6.45, 7) is -0.163. The minimum absolute atomic E-state index is 0.0497. The average molecular weight is 511 g/mol. The van der Waals surface area contributed by atoms with Crippen LogP contribution in [-0.4, -0.2) is 52.2 Å². The molecule has 1 saturated heterocycles. The van der Waals surface area contributed by atoms with Crippen LogP contribution < -0.4 is 19.7 Å². The van der Waals surface area contributed by atoms with Gasteiger partial charge in [-0.1, -0.05) is 23.7 Å². The van der Waals surface area contributed by atoms with E-state index in [0.717, 1.165) is 11.3 Å². The van der Waals surface area contributed by atoms with E-state index < -0.39 is 24.5 Å². The second-order valence-electron chi connectivity index (χ2n) is 8.11. The molecule has 1 N–H and O–H groups in total. The van der Waals surface area contributed by atoms with Crippen LogP contribution in [0.15, 0.2) is 48.2 Å². The molecule has 6 rings (SSSR count). The van der Waals surface area contributed by atoms with Gasteiger partial charge in [-0.05, 0) is 23.8 Å². The average Bonchev–Trinajstić information content (AvgIpc) is 3.19. The van der Waals surface area contributed by atoms with Gasteiger partial charge in [0.05, 0.1) is 18.2 Å². The van der Waals surface area contributed by atoms with Crippen LogP contribution in [0.5, 0.6) is 17.6 Å². The van der Waals surface area contributed by atoms with E-state index in [9.17, 15) is 17.6 Å². The summed E-state index contributed by atoms with van der Waals surface area (Å²) in [5.74, 6) is -0.717. The molecule has 3 aliphatic rings. The van der Waals surface area contributed by atoms with Crippen molar-refractivity contribution in [3.05, 3.63) is 59.0 Å². The smallest absolute Gasteiger partial charge is 0.408 e. The molecular weight excluding hydrogens is 492 g/mol. The van der Waals surface area contributed by atoms with Crippen molar-refractivity contribution >= 4 is 23.2 Å². The summed E-state index contributed by atoms with van der Waals surface area (Å²) in [4.78, 5) is 10.3. The first-order valence-corrected chi connectivity index (χ1v) is 10.9. The fraction of sp³-hybridized carbons (Fsp3) is 0.318. The number of hydrogen-bond donors (Lipinski definition) is 1. The summed E-state index contributed by atoms with van der Waals surface area (Å²) in [5.41, 5.74) is 2.00. The Bertz CT molecular complexity index is 1280. The molecule has 1 unspecified atom stereocenters. The highest BCUT2D eigenvalue weighted by Crippen LogP contribution is 2.38. The van der Waals surface area contributed by atoms with Gasteiger partial charge in [0.15, 0.2) is 11.6 Å². The predicted octanol–water partition coefficient (Wildman–Crippen LogP) is 4.69. The lowest BCUT2D eigenvalue weighted by molar-refractivity contribution is -0.143. The maximum Gasteiger partial charge on any atom is 0.408 e. The van der Waals surface area contributed by atoms with Gasteiger partial charge < -0.3 is 19.7 Å². The zero-order valence-electron chi connectivity index (χ0n) is 18.3. The first-order chi connectivity index (χ1) is 16.7. The zero-order chi connectivity index (χ0) is 24.7. The second kappa shape index (κ2) is 8.91. The third kappa shape index (κ3) is 4.83. The van der Waals surface area contributed by atoms with Crippen molar-refractivity contribution in [1.82, 2.24) is 19.7 Å². The highest BCUT2D eigenvalue weighted by Gasteiger charge is 2.40. The number of piperidine rings is 1. The third-order valence-electron chi connectivity index (χ3n) is 5.72. The van der Waals surface area contributed by atoms with Gasteiger partial charge in [-0.3, -0.25) is 0 Å². The van der Waals surface area contributed by atoms with Gasteiger partial charge in [-0.15, -0.1) is 5.10 Å². The molecule has 184 valence electrons. The van der Waals surface area contributed by atoms with E-state index >= 15 is 0 Å². The molecule has 1 aliphatic carbocycles. The number of fused-ring (bicyclic) bond motifs is 2. The molecular formula is C22H19ClF4N6O2. The molecule has 8 nitrogen and oxygen atoms in total. The number of alkyl halides is 3. The minimum Gasteiger partial charge on any atom is -0.481 e. The van der Waals surface area contributed by atoms with Gasteiger partial charge in [0.25, 0.3) is 0 Å². The van der Waals surface area contributed by atoms with E-state index in [1.165, 1.54) is 18.2 Å². The summed E-state index contributed by atoms with van der Waals surface area (Å²) in [7, 11) is 1.55. The maximum atomic E-state index is 14.2. The highest BCUT2D eigenvalue weighted by atomic mass is 35.5. The molecule has 0 amide bonds. The number of pyridine rings is 1. The zero-order valence-corrected chi connectivity index (χ0v) is 19.0. The van der Waals surface area contributed by atoms with Crippen molar-refractivity contribution in [2.75, 3.05) is 30.4 Å². The highest BCUT2D eigenvalue weighted by molar-refractivity contribution is 6.30. The summed E-state index contributed by atoms with van der Waals surface area (Å²) in [5, 5.41) is 6.78. The Hall–Kier alpha value is -3.54. The molecule has 0 spiro atoms. The topological polar surface area (TPSA) is 77.3 Å². The molecule has 13 heteroatoms. The van der Waals surface area contributed by atoms with Crippen molar-refractivity contribution in [3.63, 3.8) is 0 Å². The molecule has 1 aromatic carbocycles. The van der Waals surface area contributed by atoms with E-state index in [2.05, 4.69) is 31.4 Å². The molecule has 4 heterocycles. The number of anilines is 2. The first kappa shape index (κ1) is 23.2. The lowest BCUT2D eigenvalue weighted by Crippen LogP contribution is -2.53. The van der Waals surface area contributed by atoms with Crippen molar-refractivity contribution in [2.45, 2.75) is 18.8 Å². The van der Waals surface area contributed by atoms with Gasteiger partial charge >= 0.3 is 12.2 Å². The number of aromatic nitrogens is 4. The molecule has 2 atom stereocenters. The van der Waals surface area contributed by atoms with Crippen LogP contribution in [-0.2, 0) is 6.54 Å². The summed E-state index contributed by atoms with van der Waals surface area (Å²) >= 11 is 5.74. The molecule has 3 aromatic rings. The molecule has 0 saturated carbocycles. The van der Waals surface area contributed by atoms with Gasteiger partial charge in [-0.25, -0.2) is 14.1 Å². The van der Waals surface area contributed by atoms with Crippen LogP contribution in [0.4, 0.5) is 29.2 Å². The van der Waals surface area contributed by atoms with Crippen LogP contribution in [0.3, 0.4) is 0 Å². The standard InChI is InChI=1S/C22H19ClF4N6O2/c1-34-17-8-14(5-6-28-17)32-9-12-7-13(10-32)19(12)29-20-30-21(33(31-20)11-22(25,26)27)35-16-4-2-3-15(23)18(16)24/h2-8,12,19H,9-11H2,1H3,(H,29,31)/t12?,19-/m0/s1. The number of benzene rings is 1. The monoisotopic (exact) mass is 510 g/mol. The second-order valence-corrected chi connectivity index (χ2v) is 8.52. The first-order valence-electron chi connectivity index (χ1n) is 10.6. The van der Waals surface area contributed by atoms with Gasteiger partial charge in [-0.2, -0.15) is 18.2 Å². The van der Waals surface area contributed by atoms with E-state index in [1.807, 2.05) is 12.1 Å². The van der Waals surface area contributed by atoms with Crippen LogP contribution in [0.2, 0.25) is 5.02 Å². The largest absolute Gasteiger partial charge is 0.481 e. The fourth-order valence-electron chi connectivity index (χ4n) is 4.12. The lowest BCUT2D eigenvalue weighted by atomic mass is 9.76. The molecule has 35 heavy (non-hydrogen) atoms. The summed E-state index contributed by atoms with van der Waals surface area (Å²) < 4.78 is 64.6. The normalized spacial score (nSPS) is 19.1. The van der Waals surface area contributed by atoms with Crippen LogP contribution in [0.25, 0.3) is 0 Å². The Morgan fingerprint density at radius 1 is 1.26 bits per heavy atom. The quantitative estimate of drug-likeness (QED) is 0.365. The number of halogens is 5. The Kier molecular flexibility index (Phi) is 5.91. The Labute approximate surface area is 202 Å². The maximum absolute atomic E-state index is 14.2. The Morgan fingerprint density at radius 3 is 2.80 bits per heavy atom. The van der Waals surface area contributed by atoms with E-state index in [4.69, 9.17) is 21.1 Å². The number of methoxy groups -OCH3 is 1. The van der Waals surface area contributed by atoms with Crippen LogP contribution in [0, 0.1) is 11.7 Å². The van der Waals surface area contributed by atoms with Crippen molar-refractivity contribution in [1.29, 1.82) is 0 Å². The lowest BCUT2D eigenvalue weighted by Gasteiger charge is -2.47. The number of rotatable bonds is 7.